The molecule has 0 fully saturated rings. The second kappa shape index (κ2) is 6.16. The standard InChI is InChI=1S/C15H10ClNO4/c1-20-10-3-2-9(8-17)14(7-10)21-11-4-5-13(16)12(6-11)15(18)19/h2-7H,1H3,(H,18,19). The number of carbonyl (C=O) groups is 1. The zero-order valence-electron chi connectivity index (χ0n) is 11.0. The first-order chi connectivity index (χ1) is 10.0. The fourth-order valence-corrected chi connectivity index (χ4v) is 1.86. The van der Waals surface area contributed by atoms with Crippen LogP contribution in [0.3, 0.4) is 0 Å². The quantitative estimate of drug-likeness (QED) is 0.931. The highest BCUT2D eigenvalue weighted by Gasteiger charge is 2.12. The van der Waals surface area contributed by atoms with Crippen LogP contribution in [0.1, 0.15) is 15.9 Å². The van der Waals surface area contributed by atoms with Crippen molar-refractivity contribution < 1.29 is 19.4 Å². The zero-order chi connectivity index (χ0) is 15.4. The van der Waals surface area contributed by atoms with Crippen LogP contribution in [0.5, 0.6) is 17.2 Å². The van der Waals surface area contributed by atoms with Crippen LogP contribution >= 0.6 is 11.6 Å². The molecule has 0 atom stereocenters. The van der Waals surface area contributed by atoms with Gasteiger partial charge in [0, 0.05) is 6.07 Å². The van der Waals surface area contributed by atoms with Crippen molar-refractivity contribution in [2.75, 3.05) is 7.11 Å². The Morgan fingerprint density at radius 1 is 1.24 bits per heavy atom. The summed E-state index contributed by atoms with van der Waals surface area (Å²) in [5.74, 6) is -0.0925. The van der Waals surface area contributed by atoms with Crippen molar-refractivity contribution in [3.63, 3.8) is 0 Å². The molecule has 2 aromatic carbocycles. The normalized spacial score (nSPS) is 9.76. The maximum absolute atomic E-state index is 11.0. The van der Waals surface area contributed by atoms with E-state index in [-0.39, 0.29) is 22.1 Å². The van der Waals surface area contributed by atoms with Gasteiger partial charge >= 0.3 is 5.97 Å². The molecule has 106 valence electrons. The predicted molar refractivity (Wildman–Crippen MR) is 76.2 cm³/mol. The number of ether oxygens (including phenoxy) is 2. The lowest BCUT2D eigenvalue weighted by molar-refractivity contribution is 0.0696. The van der Waals surface area contributed by atoms with E-state index in [1.165, 1.54) is 25.3 Å². The number of methoxy groups -OCH3 is 1. The van der Waals surface area contributed by atoms with Gasteiger partial charge in [0.15, 0.2) is 0 Å². The van der Waals surface area contributed by atoms with Crippen LogP contribution in [0.2, 0.25) is 5.02 Å². The molecule has 0 radical (unpaired) electrons. The molecule has 6 heteroatoms. The summed E-state index contributed by atoms with van der Waals surface area (Å²) in [6.07, 6.45) is 0. The van der Waals surface area contributed by atoms with Crippen LogP contribution in [0, 0.1) is 11.3 Å². The maximum Gasteiger partial charge on any atom is 0.337 e. The fourth-order valence-electron chi connectivity index (χ4n) is 1.67. The number of hydrogen-bond donors (Lipinski definition) is 1. The second-order valence-corrected chi connectivity index (χ2v) is 4.43. The third-order valence-electron chi connectivity index (χ3n) is 2.71. The van der Waals surface area contributed by atoms with Crippen molar-refractivity contribution in [3.05, 3.63) is 52.5 Å². The fraction of sp³-hybridized carbons (Fsp3) is 0.0667. The topological polar surface area (TPSA) is 79.5 Å². The highest BCUT2D eigenvalue weighted by atomic mass is 35.5. The van der Waals surface area contributed by atoms with Crippen LogP contribution in [0.15, 0.2) is 36.4 Å². The first-order valence-electron chi connectivity index (χ1n) is 5.84. The number of aromatic carboxylic acids is 1. The Morgan fingerprint density at radius 3 is 2.57 bits per heavy atom. The summed E-state index contributed by atoms with van der Waals surface area (Å²) >= 11 is 5.79. The van der Waals surface area contributed by atoms with Gasteiger partial charge in [-0.2, -0.15) is 5.26 Å². The van der Waals surface area contributed by atoms with Gasteiger partial charge in [-0.15, -0.1) is 0 Å². The van der Waals surface area contributed by atoms with Gasteiger partial charge in [-0.25, -0.2) is 4.79 Å². The SMILES string of the molecule is COc1ccc(C#N)c(Oc2ccc(Cl)c(C(=O)O)c2)c1. The summed E-state index contributed by atoms with van der Waals surface area (Å²) in [4.78, 5) is 11.0. The number of halogens is 1. The van der Waals surface area contributed by atoms with Crippen LogP contribution < -0.4 is 9.47 Å². The number of benzene rings is 2. The average molecular weight is 304 g/mol. The van der Waals surface area contributed by atoms with E-state index < -0.39 is 5.97 Å². The van der Waals surface area contributed by atoms with E-state index in [1.54, 1.807) is 18.2 Å². The molecule has 0 spiro atoms. The van der Waals surface area contributed by atoms with Crippen LogP contribution in [-0.2, 0) is 0 Å². The minimum absolute atomic E-state index is 0.0735. The molecule has 0 bridgehead atoms. The lowest BCUT2D eigenvalue weighted by Crippen LogP contribution is -1.98. The highest BCUT2D eigenvalue weighted by molar-refractivity contribution is 6.33. The molecule has 0 aliphatic heterocycles. The number of nitrogens with zero attached hydrogens (tertiary/aromatic N) is 1. The van der Waals surface area contributed by atoms with Crippen molar-refractivity contribution in [3.8, 4) is 23.3 Å². The monoisotopic (exact) mass is 303 g/mol. The Hall–Kier alpha value is -2.71. The van der Waals surface area contributed by atoms with E-state index in [0.717, 1.165) is 0 Å². The lowest BCUT2D eigenvalue weighted by atomic mass is 10.2. The van der Waals surface area contributed by atoms with E-state index in [1.807, 2.05) is 6.07 Å². The van der Waals surface area contributed by atoms with Crippen molar-refractivity contribution in [2.45, 2.75) is 0 Å². The summed E-state index contributed by atoms with van der Waals surface area (Å²) in [5.41, 5.74) is 0.234. The molecule has 0 aliphatic carbocycles. The van der Waals surface area contributed by atoms with Gasteiger partial charge in [0.1, 0.15) is 23.3 Å². The summed E-state index contributed by atoms with van der Waals surface area (Å²) in [6.45, 7) is 0. The maximum atomic E-state index is 11.0. The Morgan fingerprint density at radius 2 is 1.95 bits per heavy atom. The van der Waals surface area contributed by atoms with Crippen molar-refractivity contribution in [1.82, 2.24) is 0 Å². The molecule has 21 heavy (non-hydrogen) atoms. The molecule has 1 N–H and O–H groups in total. The number of hydrogen-bond acceptors (Lipinski definition) is 4. The molecule has 0 saturated carbocycles. The molecule has 2 aromatic rings. The van der Waals surface area contributed by atoms with Gasteiger partial charge in [-0.05, 0) is 30.3 Å². The average Bonchev–Trinajstić information content (AvgIpc) is 2.48. The molecule has 2 rings (SSSR count). The Balaban J connectivity index is 2.40. The van der Waals surface area contributed by atoms with E-state index in [0.29, 0.717) is 11.3 Å². The predicted octanol–water partition coefficient (Wildman–Crippen LogP) is 3.71. The first kappa shape index (κ1) is 14.7. The van der Waals surface area contributed by atoms with Gasteiger partial charge in [0.25, 0.3) is 0 Å². The molecule has 0 aromatic heterocycles. The molecule has 0 unspecified atom stereocenters. The van der Waals surface area contributed by atoms with Crippen LogP contribution in [0.25, 0.3) is 0 Å². The van der Waals surface area contributed by atoms with E-state index in [9.17, 15) is 4.79 Å². The summed E-state index contributed by atoms with van der Waals surface area (Å²) in [6, 6.07) is 11.0. The first-order valence-corrected chi connectivity index (χ1v) is 6.21. The van der Waals surface area contributed by atoms with E-state index >= 15 is 0 Å². The number of rotatable bonds is 4. The number of carboxylic acid groups (broad SMARTS) is 1. The van der Waals surface area contributed by atoms with E-state index in [2.05, 4.69) is 0 Å². The van der Waals surface area contributed by atoms with Gasteiger partial charge in [0.2, 0.25) is 0 Å². The summed E-state index contributed by atoms with van der Waals surface area (Å²) in [5, 5.41) is 18.2. The lowest BCUT2D eigenvalue weighted by Gasteiger charge is -2.10. The van der Waals surface area contributed by atoms with Crippen LogP contribution in [-0.4, -0.2) is 18.2 Å². The second-order valence-electron chi connectivity index (χ2n) is 4.02. The summed E-state index contributed by atoms with van der Waals surface area (Å²) < 4.78 is 10.6. The third kappa shape index (κ3) is 3.25. The van der Waals surface area contributed by atoms with Crippen molar-refractivity contribution >= 4 is 17.6 Å². The molecule has 0 aliphatic rings. The van der Waals surface area contributed by atoms with Crippen LogP contribution in [0.4, 0.5) is 0 Å². The van der Waals surface area contributed by atoms with E-state index in [4.69, 9.17) is 31.4 Å². The molecular formula is C15H10ClNO4. The molecule has 0 heterocycles. The van der Waals surface area contributed by atoms with Gasteiger partial charge in [0.05, 0.1) is 23.3 Å². The highest BCUT2D eigenvalue weighted by Crippen LogP contribution is 2.31. The van der Waals surface area contributed by atoms with Crippen molar-refractivity contribution in [2.24, 2.45) is 0 Å². The minimum atomic E-state index is -1.16. The minimum Gasteiger partial charge on any atom is -0.497 e. The zero-order valence-corrected chi connectivity index (χ0v) is 11.7. The van der Waals surface area contributed by atoms with Gasteiger partial charge in [-0.3, -0.25) is 0 Å². The Bertz CT molecular complexity index is 737. The number of nitriles is 1. The largest absolute Gasteiger partial charge is 0.497 e. The Kier molecular flexibility index (Phi) is 4.31. The molecule has 0 saturated heterocycles. The third-order valence-corrected chi connectivity index (χ3v) is 3.03. The molecular weight excluding hydrogens is 294 g/mol. The van der Waals surface area contributed by atoms with Crippen molar-refractivity contribution in [1.29, 1.82) is 5.26 Å². The smallest absolute Gasteiger partial charge is 0.337 e. The molecule has 0 amide bonds. The Labute approximate surface area is 125 Å². The van der Waals surface area contributed by atoms with Gasteiger partial charge < -0.3 is 14.6 Å². The summed E-state index contributed by atoms with van der Waals surface area (Å²) in [7, 11) is 1.50. The van der Waals surface area contributed by atoms with Gasteiger partial charge in [-0.1, -0.05) is 11.6 Å². The number of carboxylic acids is 1. The molecule has 5 nitrogen and oxygen atoms in total.